The van der Waals surface area contributed by atoms with E-state index < -0.39 is 18.6 Å². The summed E-state index contributed by atoms with van der Waals surface area (Å²) in [7, 11) is -3.27. The minimum absolute atomic E-state index is 0.333. The lowest BCUT2D eigenvalue weighted by Gasteiger charge is -2.26. The molecule has 0 aromatic rings. The Kier molecular flexibility index (Phi) is 10.6. The van der Waals surface area contributed by atoms with Crippen LogP contribution in [0.3, 0.4) is 0 Å². The molecule has 0 spiro atoms. The highest BCUT2D eigenvalue weighted by Crippen LogP contribution is 2.17. The van der Waals surface area contributed by atoms with Crippen molar-refractivity contribution in [2.24, 2.45) is 0 Å². The van der Waals surface area contributed by atoms with Crippen molar-refractivity contribution < 1.29 is 17.7 Å². The molecule has 0 fully saturated rings. The normalized spacial score (nSPS) is 12.0. The molecule has 0 aromatic carbocycles. The summed E-state index contributed by atoms with van der Waals surface area (Å²) in [5.41, 5.74) is 0. The van der Waals surface area contributed by atoms with Crippen LogP contribution in [-0.2, 0) is 17.7 Å². The molecular weight excluding hydrogens is 240 g/mol. The minimum atomic E-state index is -1.64. The van der Waals surface area contributed by atoms with Crippen molar-refractivity contribution in [1.82, 2.24) is 0 Å². The van der Waals surface area contributed by atoms with Crippen LogP contribution in [0.4, 0.5) is 0 Å². The first kappa shape index (κ1) is 16.3. The van der Waals surface area contributed by atoms with Crippen LogP contribution < -0.4 is 0 Å². The average molecular weight is 266 g/mol. The molecule has 0 atom stereocenters. The Morgan fingerprint density at radius 3 is 1.12 bits per heavy atom. The molecule has 0 radical (unpaired) electrons. The van der Waals surface area contributed by atoms with Gasteiger partial charge in [-0.2, -0.15) is 0 Å². The van der Waals surface area contributed by atoms with Crippen molar-refractivity contribution in [3.05, 3.63) is 0 Å². The van der Waals surface area contributed by atoms with E-state index in [0.717, 1.165) is 0 Å². The van der Waals surface area contributed by atoms with Crippen LogP contribution >= 0.6 is 0 Å². The van der Waals surface area contributed by atoms with Crippen LogP contribution in [0.2, 0.25) is 5.16 Å². The molecule has 0 saturated carbocycles. The zero-order valence-corrected chi connectivity index (χ0v) is 13.5. The van der Waals surface area contributed by atoms with E-state index in [1.807, 2.05) is 27.7 Å². The van der Waals surface area contributed by atoms with Gasteiger partial charge in [0, 0.05) is 31.6 Å². The first-order valence-corrected chi connectivity index (χ1v) is 9.39. The average Bonchev–Trinajstić information content (AvgIpc) is 2.27. The Morgan fingerprint density at radius 1 is 0.688 bits per heavy atom. The summed E-state index contributed by atoms with van der Waals surface area (Å²) < 4.78 is 22.8. The second-order valence-corrected chi connectivity index (χ2v) is 9.10. The van der Waals surface area contributed by atoms with Gasteiger partial charge in [0.2, 0.25) is 0 Å². The molecule has 4 nitrogen and oxygen atoms in total. The molecule has 0 aromatic heterocycles. The zero-order valence-electron chi connectivity index (χ0n) is 11.2. The third-order valence-corrected chi connectivity index (χ3v) is 8.43. The summed E-state index contributed by atoms with van der Waals surface area (Å²) in [5.74, 6) is 0. The van der Waals surface area contributed by atoms with Gasteiger partial charge >= 0.3 is 18.6 Å². The van der Waals surface area contributed by atoms with Gasteiger partial charge in [-0.3, -0.25) is 0 Å². The monoisotopic (exact) mass is 266 g/mol. The van der Waals surface area contributed by atoms with Crippen molar-refractivity contribution >= 4 is 18.6 Å². The Labute approximate surface area is 103 Å². The second-order valence-electron chi connectivity index (χ2n) is 3.42. The predicted molar refractivity (Wildman–Crippen MR) is 70.2 cm³/mol. The van der Waals surface area contributed by atoms with Crippen molar-refractivity contribution in [2.75, 3.05) is 26.4 Å². The van der Waals surface area contributed by atoms with Gasteiger partial charge in [0.25, 0.3) is 0 Å². The van der Waals surface area contributed by atoms with Crippen molar-refractivity contribution in [3.63, 3.8) is 0 Å². The summed E-state index contributed by atoms with van der Waals surface area (Å²) in [6, 6.07) is 0. The van der Waals surface area contributed by atoms with Gasteiger partial charge in [-0.15, -0.1) is 0 Å². The molecule has 16 heavy (non-hydrogen) atoms. The molecule has 0 aliphatic carbocycles. The third kappa shape index (κ3) is 6.12. The summed E-state index contributed by atoms with van der Waals surface area (Å²) in [5, 5.41) is 0.333. The molecule has 6 heteroatoms. The van der Waals surface area contributed by atoms with Crippen molar-refractivity contribution in [2.45, 2.75) is 39.8 Å². The fourth-order valence-corrected chi connectivity index (χ4v) is 6.57. The highest BCUT2D eigenvalue weighted by atomic mass is 28.4. The van der Waals surface area contributed by atoms with E-state index in [-0.39, 0.29) is 0 Å². The predicted octanol–water partition coefficient (Wildman–Crippen LogP) is 1.50. The third-order valence-electron chi connectivity index (χ3n) is 2.18. The maximum Gasteiger partial charge on any atom is 0.325 e. The molecule has 0 N–H and O–H groups in total. The molecule has 98 valence electrons. The molecule has 0 bridgehead atoms. The lowest BCUT2D eigenvalue weighted by Crippen LogP contribution is -2.40. The Balaban J connectivity index is 4.31. The lowest BCUT2D eigenvalue weighted by atomic mass is 10.9. The van der Waals surface area contributed by atoms with Crippen LogP contribution in [0.25, 0.3) is 0 Å². The first-order valence-electron chi connectivity index (χ1n) is 6.17. The minimum Gasteiger partial charge on any atom is -0.397 e. The fourth-order valence-electron chi connectivity index (χ4n) is 1.49. The molecule has 0 rings (SSSR count). The van der Waals surface area contributed by atoms with E-state index in [1.165, 1.54) is 0 Å². The number of hydrogen-bond acceptors (Lipinski definition) is 4. The van der Waals surface area contributed by atoms with Gasteiger partial charge in [-0.05, 0) is 27.7 Å². The van der Waals surface area contributed by atoms with E-state index in [4.69, 9.17) is 17.7 Å². The summed E-state index contributed by atoms with van der Waals surface area (Å²) in [6.45, 7) is 13.0. The van der Waals surface area contributed by atoms with Gasteiger partial charge in [0.1, 0.15) is 0 Å². The van der Waals surface area contributed by atoms with Crippen LogP contribution in [-0.4, -0.2) is 45.0 Å². The summed E-state index contributed by atoms with van der Waals surface area (Å²) in [6.07, 6.45) is 0. The molecule has 0 heterocycles. The second kappa shape index (κ2) is 10.4. The molecule has 0 aliphatic rings. The standard InChI is InChI=1S/C10H26O4Si2/c1-6-11-15(12-7-2)10(5)16(13-8-3)14-9-4/h10,15-16H,6-9H2,1-5H3. The van der Waals surface area contributed by atoms with Crippen LogP contribution in [0.15, 0.2) is 0 Å². The smallest absolute Gasteiger partial charge is 0.325 e. The Morgan fingerprint density at radius 2 is 0.938 bits per heavy atom. The molecule has 0 unspecified atom stereocenters. The van der Waals surface area contributed by atoms with Crippen LogP contribution in [0.1, 0.15) is 34.6 Å². The van der Waals surface area contributed by atoms with Crippen molar-refractivity contribution in [1.29, 1.82) is 0 Å². The van der Waals surface area contributed by atoms with Gasteiger partial charge in [-0.25, -0.2) is 0 Å². The van der Waals surface area contributed by atoms with E-state index >= 15 is 0 Å². The topological polar surface area (TPSA) is 36.9 Å². The maximum absolute atomic E-state index is 5.71. The fraction of sp³-hybridized carbons (Fsp3) is 1.00. The van der Waals surface area contributed by atoms with E-state index in [2.05, 4.69) is 6.92 Å². The summed E-state index contributed by atoms with van der Waals surface area (Å²) >= 11 is 0. The number of hydrogen-bond donors (Lipinski definition) is 0. The highest BCUT2D eigenvalue weighted by molar-refractivity contribution is 6.67. The van der Waals surface area contributed by atoms with Crippen LogP contribution in [0, 0.1) is 0 Å². The van der Waals surface area contributed by atoms with Crippen LogP contribution in [0.5, 0.6) is 0 Å². The lowest BCUT2D eigenvalue weighted by molar-refractivity contribution is 0.185. The molecule has 0 saturated heterocycles. The molecule has 0 aliphatic heterocycles. The Hall–Kier alpha value is 0.274. The quantitative estimate of drug-likeness (QED) is 0.562. The summed E-state index contributed by atoms with van der Waals surface area (Å²) in [4.78, 5) is 0. The van der Waals surface area contributed by atoms with E-state index in [9.17, 15) is 0 Å². The molecular formula is C10H26O4Si2. The molecule has 0 amide bonds. The van der Waals surface area contributed by atoms with Gasteiger partial charge in [0.15, 0.2) is 0 Å². The van der Waals surface area contributed by atoms with Gasteiger partial charge in [-0.1, -0.05) is 6.92 Å². The van der Waals surface area contributed by atoms with Gasteiger partial charge in [0.05, 0.1) is 0 Å². The SMILES string of the molecule is CCO[SiH](OCC)C(C)[SiH](OCC)OCC. The maximum atomic E-state index is 5.71. The zero-order chi connectivity index (χ0) is 12.4. The highest BCUT2D eigenvalue weighted by Gasteiger charge is 2.33. The van der Waals surface area contributed by atoms with E-state index in [0.29, 0.717) is 31.6 Å². The largest absolute Gasteiger partial charge is 0.397 e. The van der Waals surface area contributed by atoms with Crippen molar-refractivity contribution in [3.8, 4) is 0 Å². The first-order chi connectivity index (χ1) is 7.71. The van der Waals surface area contributed by atoms with Gasteiger partial charge < -0.3 is 17.7 Å². The number of rotatable bonds is 10. The van der Waals surface area contributed by atoms with E-state index in [1.54, 1.807) is 0 Å². The Bertz CT molecular complexity index is 132.